The van der Waals surface area contributed by atoms with E-state index in [1.165, 1.54) is 6.07 Å². The maximum atomic E-state index is 13.2. The molecule has 92 valence electrons. The van der Waals surface area contributed by atoms with E-state index >= 15 is 0 Å². The third kappa shape index (κ3) is 4.15. The van der Waals surface area contributed by atoms with Crippen molar-refractivity contribution in [1.82, 2.24) is 10.6 Å². The molecule has 1 fully saturated rings. The Bertz CT molecular complexity index is 391. The van der Waals surface area contributed by atoms with Gasteiger partial charge in [-0.2, -0.15) is 0 Å². The first-order valence-electron chi connectivity index (χ1n) is 5.99. The Labute approximate surface area is 100 Å². The lowest BCUT2D eigenvalue weighted by Crippen LogP contribution is -2.29. The average molecular weight is 236 g/mol. The minimum atomic E-state index is -0.206. The molecule has 17 heavy (non-hydrogen) atoms. The summed E-state index contributed by atoms with van der Waals surface area (Å²) in [4.78, 5) is 11.3. The van der Waals surface area contributed by atoms with Gasteiger partial charge in [0.1, 0.15) is 5.82 Å². The van der Waals surface area contributed by atoms with Crippen molar-refractivity contribution in [2.45, 2.75) is 31.8 Å². The Balaban J connectivity index is 1.62. The van der Waals surface area contributed by atoms with Gasteiger partial charge in [0, 0.05) is 31.1 Å². The van der Waals surface area contributed by atoms with E-state index in [9.17, 15) is 9.18 Å². The molecule has 1 aromatic carbocycles. The van der Waals surface area contributed by atoms with Crippen molar-refractivity contribution in [2.75, 3.05) is 6.54 Å². The van der Waals surface area contributed by atoms with Gasteiger partial charge in [-0.3, -0.25) is 4.79 Å². The van der Waals surface area contributed by atoms with Crippen LogP contribution in [0.3, 0.4) is 0 Å². The molecule has 0 atom stereocenters. The summed E-state index contributed by atoms with van der Waals surface area (Å²) in [5.41, 5.74) is 0.634. The van der Waals surface area contributed by atoms with Crippen molar-refractivity contribution >= 4 is 5.91 Å². The number of halogens is 1. The van der Waals surface area contributed by atoms with Gasteiger partial charge in [-0.15, -0.1) is 0 Å². The van der Waals surface area contributed by atoms with Crippen LogP contribution in [0.2, 0.25) is 0 Å². The Kier molecular flexibility index (Phi) is 4.09. The number of hydrogen-bond acceptors (Lipinski definition) is 2. The molecule has 1 saturated carbocycles. The fraction of sp³-hybridized carbons (Fsp3) is 0.462. The zero-order valence-electron chi connectivity index (χ0n) is 9.71. The molecule has 2 rings (SSSR count). The standard InChI is InChI=1S/C13H17FN2O/c14-12-4-2-1-3-10(12)9-15-8-7-13(17)16-11-5-6-11/h1-4,11,15H,5-9H2,(H,16,17). The first-order valence-corrected chi connectivity index (χ1v) is 5.99. The van der Waals surface area contributed by atoms with E-state index in [0.717, 1.165) is 12.8 Å². The number of benzene rings is 1. The van der Waals surface area contributed by atoms with Crippen LogP contribution in [0, 0.1) is 5.82 Å². The summed E-state index contributed by atoms with van der Waals surface area (Å²) in [6.45, 7) is 1.04. The molecular formula is C13H17FN2O. The van der Waals surface area contributed by atoms with Crippen LogP contribution in [0.25, 0.3) is 0 Å². The second-order valence-electron chi connectivity index (χ2n) is 4.36. The molecule has 0 aromatic heterocycles. The van der Waals surface area contributed by atoms with E-state index in [2.05, 4.69) is 10.6 Å². The van der Waals surface area contributed by atoms with E-state index in [0.29, 0.717) is 31.1 Å². The largest absolute Gasteiger partial charge is 0.353 e. The van der Waals surface area contributed by atoms with E-state index < -0.39 is 0 Å². The third-order valence-corrected chi connectivity index (χ3v) is 2.74. The predicted molar refractivity (Wildman–Crippen MR) is 63.9 cm³/mol. The van der Waals surface area contributed by atoms with Gasteiger partial charge in [-0.1, -0.05) is 18.2 Å². The fourth-order valence-electron chi connectivity index (χ4n) is 1.59. The van der Waals surface area contributed by atoms with E-state index in [4.69, 9.17) is 0 Å². The van der Waals surface area contributed by atoms with Gasteiger partial charge in [0.15, 0.2) is 0 Å². The minimum Gasteiger partial charge on any atom is -0.353 e. The zero-order valence-corrected chi connectivity index (χ0v) is 9.71. The summed E-state index contributed by atoms with van der Waals surface area (Å²) < 4.78 is 13.2. The van der Waals surface area contributed by atoms with Crippen molar-refractivity contribution in [2.24, 2.45) is 0 Å². The van der Waals surface area contributed by atoms with E-state index in [-0.39, 0.29) is 11.7 Å². The van der Waals surface area contributed by atoms with Crippen LogP contribution in [0.5, 0.6) is 0 Å². The van der Waals surface area contributed by atoms with E-state index in [1.54, 1.807) is 18.2 Å². The lowest BCUT2D eigenvalue weighted by Gasteiger charge is -2.06. The van der Waals surface area contributed by atoms with Crippen LogP contribution in [-0.4, -0.2) is 18.5 Å². The van der Waals surface area contributed by atoms with Crippen LogP contribution < -0.4 is 10.6 Å². The van der Waals surface area contributed by atoms with Gasteiger partial charge in [-0.05, 0) is 18.9 Å². The van der Waals surface area contributed by atoms with Crippen LogP contribution in [0.4, 0.5) is 4.39 Å². The first kappa shape index (κ1) is 12.0. The molecule has 2 N–H and O–H groups in total. The Morgan fingerprint density at radius 3 is 2.82 bits per heavy atom. The van der Waals surface area contributed by atoms with Crippen LogP contribution in [-0.2, 0) is 11.3 Å². The molecule has 0 unspecified atom stereocenters. The molecule has 0 aliphatic heterocycles. The molecule has 0 spiro atoms. The maximum absolute atomic E-state index is 13.2. The average Bonchev–Trinajstić information content (AvgIpc) is 3.10. The Hall–Kier alpha value is -1.42. The quantitative estimate of drug-likeness (QED) is 0.736. The highest BCUT2D eigenvalue weighted by Gasteiger charge is 2.22. The number of nitrogens with one attached hydrogen (secondary N) is 2. The van der Waals surface area contributed by atoms with Crippen molar-refractivity contribution in [3.05, 3.63) is 35.6 Å². The van der Waals surface area contributed by atoms with Gasteiger partial charge in [-0.25, -0.2) is 4.39 Å². The van der Waals surface area contributed by atoms with Crippen LogP contribution in [0.1, 0.15) is 24.8 Å². The smallest absolute Gasteiger partial charge is 0.221 e. The number of hydrogen-bond donors (Lipinski definition) is 2. The SMILES string of the molecule is O=C(CCNCc1ccccc1F)NC1CC1. The van der Waals surface area contributed by atoms with Crippen LogP contribution >= 0.6 is 0 Å². The van der Waals surface area contributed by atoms with Crippen molar-refractivity contribution in [1.29, 1.82) is 0 Å². The first-order chi connectivity index (χ1) is 8.25. The van der Waals surface area contributed by atoms with Gasteiger partial charge in [0.2, 0.25) is 5.91 Å². The topological polar surface area (TPSA) is 41.1 Å². The zero-order chi connectivity index (χ0) is 12.1. The maximum Gasteiger partial charge on any atom is 0.221 e. The van der Waals surface area contributed by atoms with Gasteiger partial charge < -0.3 is 10.6 Å². The summed E-state index contributed by atoms with van der Waals surface area (Å²) >= 11 is 0. The number of carbonyl (C=O) groups excluding carboxylic acids is 1. The highest BCUT2D eigenvalue weighted by Crippen LogP contribution is 2.18. The molecule has 0 heterocycles. The number of amides is 1. The van der Waals surface area contributed by atoms with Gasteiger partial charge in [0.05, 0.1) is 0 Å². The summed E-state index contributed by atoms with van der Waals surface area (Å²) in [5, 5.41) is 5.98. The summed E-state index contributed by atoms with van der Waals surface area (Å²) in [6, 6.07) is 7.07. The lowest BCUT2D eigenvalue weighted by molar-refractivity contribution is -0.121. The molecule has 1 aliphatic carbocycles. The Morgan fingerprint density at radius 2 is 2.12 bits per heavy atom. The second kappa shape index (κ2) is 5.77. The molecule has 0 bridgehead atoms. The molecule has 1 aromatic rings. The van der Waals surface area contributed by atoms with Crippen molar-refractivity contribution in [3.63, 3.8) is 0 Å². The minimum absolute atomic E-state index is 0.0773. The monoisotopic (exact) mass is 236 g/mol. The summed E-state index contributed by atoms with van der Waals surface area (Å²) in [5.74, 6) is -0.129. The molecule has 0 radical (unpaired) electrons. The van der Waals surface area contributed by atoms with Crippen LogP contribution in [0.15, 0.2) is 24.3 Å². The molecule has 1 amide bonds. The highest BCUT2D eigenvalue weighted by atomic mass is 19.1. The Morgan fingerprint density at radius 1 is 1.35 bits per heavy atom. The van der Waals surface area contributed by atoms with Crippen molar-refractivity contribution in [3.8, 4) is 0 Å². The summed E-state index contributed by atoms with van der Waals surface area (Å²) in [6.07, 6.45) is 2.66. The van der Waals surface area contributed by atoms with Gasteiger partial charge in [0.25, 0.3) is 0 Å². The number of carbonyl (C=O) groups is 1. The lowest BCUT2D eigenvalue weighted by atomic mass is 10.2. The molecule has 4 heteroatoms. The molecular weight excluding hydrogens is 219 g/mol. The molecule has 1 aliphatic rings. The third-order valence-electron chi connectivity index (χ3n) is 2.74. The molecule has 3 nitrogen and oxygen atoms in total. The number of rotatable bonds is 6. The van der Waals surface area contributed by atoms with E-state index in [1.807, 2.05) is 0 Å². The second-order valence-corrected chi connectivity index (χ2v) is 4.36. The van der Waals surface area contributed by atoms with Crippen molar-refractivity contribution < 1.29 is 9.18 Å². The van der Waals surface area contributed by atoms with Gasteiger partial charge >= 0.3 is 0 Å². The fourth-order valence-corrected chi connectivity index (χ4v) is 1.59. The summed E-state index contributed by atoms with van der Waals surface area (Å²) in [7, 11) is 0. The highest BCUT2D eigenvalue weighted by molar-refractivity contribution is 5.76. The normalized spacial score (nSPS) is 14.6. The predicted octanol–water partition coefficient (Wildman–Crippen LogP) is 1.58. The molecule has 0 saturated heterocycles.